The van der Waals surface area contributed by atoms with Crippen LogP contribution in [0.5, 0.6) is 0 Å². The Bertz CT molecular complexity index is 754. The molecule has 2 rings (SSSR count). The molecule has 2 heterocycles. The lowest BCUT2D eigenvalue weighted by molar-refractivity contribution is 0.703. The monoisotopic (exact) mass is 288 g/mol. The summed E-state index contributed by atoms with van der Waals surface area (Å²) in [6.45, 7) is 0.312. The van der Waals surface area contributed by atoms with E-state index in [1.54, 1.807) is 6.08 Å². The summed E-state index contributed by atoms with van der Waals surface area (Å²) in [5.41, 5.74) is 0.988. The molecule has 0 spiro atoms. The summed E-state index contributed by atoms with van der Waals surface area (Å²) >= 11 is 11.4. The normalized spacial score (nSPS) is 11.8. The number of nitrogens with zero attached hydrogens (tertiary/aromatic N) is 4. The summed E-state index contributed by atoms with van der Waals surface area (Å²) < 4.78 is 3.79. The zero-order chi connectivity index (χ0) is 13.4. The Morgan fingerprint density at radius 3 is 2.56 bits per heavy atom. The Kier molecular flexibility index (Phi) is 3.32. The zero-order valence-corrected chi connectivity index (χ0v) is 11.2. The van der Waals surface area contributed by atoms with Gasteiger partial charge in [0.25, 0.3) is 5.56 Å². The van der Waals surface area contributed by atoms with Gasteiger partial charge in [-0.05, 0) is 11.6 Å². The van der Waals surface area contributed by atoms with Crippen molar-refractivity contribution >= 4 is 34.4 Å². The number of hydrogen-bond donors (Lipinski definition) is 0. The molecule has 96 valence electrons. The van der Waals surface area contributed by atoms with Crippen molar-refractivity contribution in [2.45, 2.75) is 6.54 Å². The van der Waals surface area contributed by atoms with Gasteiger partial charge in [0.15, 0.2) is 11.2 Å². The van der Waals surface area contributed by atoms with Crippen molar-refractivity contribution in [3.63, 3.8) is 0 Å². The Morgan fingerprint density at radius 2 is 1.94 bits per heavy atom. The largest absolute Gasteiger partial charge is 0.332 e. The van der Waals surface area contributed by atoms with Gasteiger partial charge in [-0.2, -0.15) is 4.98 Å². The van der Waals surface area contributed by atoms with Gasteiger partial charge in [-0.3, -0.25) is 13.9 Å². The molecule has 0 fully saturated rings. The third-order valence-corrected chi connectivity index (χ3v) is 3.15. The van der Waals surface area contributed by atoms with E-state index in [-0.39, 0.29) is 16.4 Å². The third kappa shape index (κ3) is 1.77. The van der Waals surface area contributed by atoms with Gasteiger partial charge in [-0.1, -0.05) is 17.7 Å². The number of allylic oxidation sites excluding steroid dienone is 1. The first-order valence-electron chi connectivity index (χ1n) is 5.06. The lowest BCUT2D eigenvalue weighted by atomic mass is 10.5. The standard InChI is InChI=1S/C10H10Cl2N4O2/c1-14-7-6(8(17)15(2)10(14)18)16(5-3-4-11)9(12)13-7/h3-4H,5H2,1-2H3/b4-3+. The van der Waals surface area contributed by atoms with Gasteiger partial charge in [0.05, 0.1) is 0 Å². The van der Waals surface area contributed by atoms with Gasteiger partial charge in [0.2, 0.25) is 5.28 Å². The molecule has 8 heteroatoms. The van der Waals surface area contributed by atoms with E-state index in [0.717, 1.165) is 4.57 Å². The second kappa shape index (κ2) is 4.62. The van der Waals surface area contributed by atoms with Crippen LogP contribution in [-0.4, -0.2) is 18.7 Å². The Balaban J connectivity index is 2.94. The first kappa shape index (κ1) is 12.9. The van der Waals surface area contributed by atoms with Crippen LogP contribution in [0.2, 0.25) is 5.28 Å². The van der Waals surface area contributed by atoms with Crippen LogP contribution in [0.4, 0.5) is 0 Å². The molecule has 18 heavy (non-hydrogen) atoms. The van der Waals surface area contributed by atoms with Crippen LogP contribution < -0.4 is 11.2 Å². The van der Waals surface area contributed by atoms with Gasteiger partial charge in [-0.15, -0.1) is 0 Å². The second-order valence-electron chi connectivity index (χ2n) is 3.73. The predicted octanol–water partition coefficient (Wildman–Crippen LogP) is 0.840. The summed E-state index contributed by atoms with van der Waals surface area (Å²) in [7, 11) is 2.95. The molecule has 2 aromatic heterocycles. The fraction of sp³-hybridized carbons (Fsp3) is 0.300. The minimum atomic E-state index is -0.443. The summed E-state index contributed by atoms with van der Waals surface area (Å²) in [6, 6.07) is 0. The number of aryl methyl sites for hydroxylation is 1. The summed E-state index contributed by atoms with van der Waals surface area (Å²) in [5.74, 6) is 0. The van der Waals surface area contributed by atoms with Crippen molar-refractivity contribution in [3.05, 3.63) is 37.7 Å². The van der Waals surface area contributed by atoms with Crippen LogP contribution >= 0.6 is 23.2 Å². The number of rotatable bonds is 2. The average molecular weight is 289 g/mol. The first-order valence-corrected chi connectivity index (χ1v) is 5.87. The maximum Gasteiger partial charge on any atom is 0.332 e. The molecule has 0 radical (unpaired) electrons. The third-order valence-electron chi connectivity index (χ3n) is 2.68. The van der Waals surface area contributed by atoms with Gasteiger partial charge in [-0.25, -0.2) is 4.79 Å². The fourth-order valence-electron chi connectivity index (χ4n) is 1.73. The number of halogens is 2. The maximum absolute atomic E-state index is 12.1. The van der Waals surface area contributed by atoms with Crippen LogP contribution in [0, 0.1) is 0 Å². The topological polar surface area (TPSA) is 61.8 Å². The van der Waals surface area contributed by atoms with Crippen LogP contribution in [0.25, 0.3) is 11.2 Å². The summed E-state index contributed by atoms with van der Waals surface area (Å²) in [5, 5.41) is 0.137. The molecule has 0 aromatic carbocycles. The van der Waals surface area contributed by atoms with Crippen LogP contribution in [0.15, 0.2) is 21.2 Å². The van der Waals surface area contributed by atoms with Crippen LogP contribution in [-0.2, 0) is 20.6 Å². The fourth-order valence-corrected chi connectivity index (χ4v) is 2.05. The van der Waals surface area contributed by atoms with E-state index in [1.165, 1.54) is 28.8 Å². The van der Waals surface area contributed by atoms with Crippen LogP contribution in [0.3, 0.4) is 0 Å². The lowest BCUT2D eigenvalue weighted by Gasteiger charge is -2.04. The second-order valence-corrected chi connectivity index (χ2v) is 4.32. The number of hydrogen-bond acceptors (Lipinski definition) is 3. The highest BCUT2D eigenvalue weighted by atomic mass is 35.5. The van der Waals surface area contributed by atoms with Crippen LogP contribution in [0.1, 0.15) is 0 Å². The van der Waals surface area contributed by atoms with Crippen molar-refractivity contribution in [2.24, 2.45) is 14.1 Å². The Morgan fingerprint density at radius 1 is 1.28 bits per heavy atom. The molecular weight excluding hydrogens is 279 g/mol. The quantitative estimate of drug-likeness (QED) is 0.770. The molecule has 0 aliphatic carbocycles. The highest BCUT2D eigenvalue weighted by Crippen LogP contribution is 2.15. The van der Waals surface area contributed by atoms with E-state index in [1.807, 2.05) is 0 Å². The van der Waals surface area contributed by atoms with Crippen molar-refractivity contribution in [1.29, 1.82) is 0 Å². The highest BCUT2D eigenvalue weighted by Gasteiger charge is 2.16. The number of fused-ring (bicyclic) bond motifs is 1. The smallest absolute Gasteiger partial charge is 0.305 e. The van der Waals surface area contributed by atoms with E-state index in [9.17, 15) is 9.59 Å². The minimum absolute atomic E-state index is 0.137. The molecule has 0 atom stereocenters. The van der Waals surface area contributed by atoms with Crippen molar-refractivity contribution in [1.82, 2.24) is 18.7 Å². The van der Waals surface area contributed by atoms with Crippen molar-refractivity contribution in [2.75, 3.05) is 0 Å². The van der Waals surface area contributed by atoms with Gasteiger partial charge in [0, 0.05) is 26.2 Å². The van der Waals surface area contributed by atoms with E-state index < -0.39 is 11.2 Å². The van der Waals surface area contributed by atoms with E-state index in [0.29, 0.717) is 6.54 Å². The van der Waals surface area contributed by atoms with E-state index in [2.05, 4.69) is 4.98 Å². The zero-order valence-electron chi connectivity index (χ0n) is 9.72. The molecule has 0 aliphatic rings. The van der Waals surface area contributed by atoms with Crippen molar-refractivity contribution < 1.29 is 0 Å². The summed E-state index contributed by atoms with van der Waals surface area (Å²) in [4.78, 5) is 27.8. The van der Waals surface area contributed by atoms with Crippen molar-refractivity contribution in [3.8, 4) is 0 Å². The highest BCUT2D eigenvalue weighted by molar-refractivity contribution is 6.29. The first-order chi connectivity index (χ1) is 8.49. The van der Waals surface area contributed by atoms with Gasteiger partial charge in [0.1, 0.15) is 0 Å². The maximum atomic E-state index is 12.1. The molecule has 0 N–H and O–H groups in total. The van der Waals surface area contributed by atoms with E-state index >= 15 is 0 Å². The molecule has 2 aromatic rings. The predicted molar refractivity (Wildman–Crippen MR) is 70.2 cm³/mol. The SMILES string of the molecule is Cn1c(=O)c2c(nc(Cl)n2C/C=C/Cl)n(C)c1=O. The molecule has 0 aliphatic heterocycles. The number of aromatic nitrogens is 4. The molecule has 0 bridgehead atoms. The molecule has 0 saturated carbocycles. The number of imidazole rings is 1. The average Bonchev–Trinajstić information content (AvgIpc) is 2.68. The molecule has 0 amide bonds. The molecule has 6 nitrogen and oxygen atoms in total. The Labute approximate surface area is 112 Å². The molecule has 0 saturated heterocycles. The summed E-state index contributed by atoms with van der Waals surface area (Å²) in [6.07, 6.45) is 1.62. The molecule has 0 unspecified atom stereocenters. The lowest BCUT2D eigenvalue weighted by Crippen LogP contribution is -2.37. The van der Waals surface area contributed by atoms with E-state index in [4.69, 9.17) is 23.2 Å². The van der Waals surface area contributed by atoms with Gasteiger partial charge >= 0.3 is 5.69 Å². The Hall–Kier alpha value is -1.53. The van der Waals surface area contributed by atoms with Gasteiger partial charge < -0.3 is 4.57 Å². The molecular formula is C10H10Cl2N4O2. The minimum Gasteiger partial charge on any atom is -0.305 e.